The van der Waals surface area contributed by atoms with Crippen molar-refractivity contribution < 1.29 is 9.38 Å². The molecule has 0 aliphatic carbocycles. The lowest BCUT2D eigenvalue weighted by Gasteiger charge is -2.04. The Morgan fingerprint density at radius 3 is 2.05 bits per heavy atom. The molecule has 0 bridgehead atoms. The molecule has 22 heavy (non-hydrogen) atoms. The fourth-order valence-electron chi connectivity index (χ4n) is 1.81. The first-order valence-electron chi connectivity index (χ1n) is 7.18. The minimum atomic E-state index is -0.398. The second-order valence-corrected chi connectivity index (χ2v) is 6.62. The number of benzene rings is 2. The molecule has 0 unspecified atom stereocenters. The van der Waals surface area contributed by atoms with Crippen molar-refractivity contribution in [3.8, 4) is 0 Å². The van der Waals surface area contributed by atoms with Gasteiger partial charge < -0.3 is 0 Å². The average Bonchev–Trinajstić information content (AvgIpc) is 2.47. The SMILES string of the molecule is CC(C)(C)[NH+]=Cc1ccc(/C=C/c2ccc(F)c(Cl)c2)cc1. The lowest BCUT2D eigenvalue weighted by atomic mass is 10.1. The van der Waals surface area contributed by atoms with Crippen molar-refractivity contribution in [1.29, 1.82) is 0 Å². The summed E-state index contributed by atoms with van der Waals surface area (Å²) in [6.45, 7) is 6.36. The van der Waals surface area contributed by atoms with Crippen LogP contribution in [0.3, 0.4) is 0 Å². The molecule has 3 heteroatoms. The summed E-state index contributed by atoms with van der Waals surface area (Å²) in [5.74, 6) is -0.398. The summed E-state index contributed by atoms with van der Waals surface area (Å²) in [5.41, 5.74) is 3.13. The molecule has 0 saturated carbocycles. The maximum atomic E-state index is 13.1. The van der Waals surface area contributed by atoms with Crippen LogP contribution in [0.25, 0.3) is 12.2 Å². The number of hydrogen-bond acceptors (Lipinski definition) is 0. The van der Waals surface area contributed by atoms with Crippen molar-refractivity contribution in [2.24, 2.45) is 0 Å². The van der Waals surface area contributed by atoms with Crippen molar-refractivity contribution >= 4 is 30.0 Å². The van der Waals surface area contributed by atoms with Crippen molar-refractivity contribution in [3.63, 3.8) is 0 Å². The minimum absolute atomic E-state index is 0.0560. The Morgan fingerprint density at radius 1 is 0.909 bits per heavy atom. The second-order valence-electron chi connectivity index (χ2n) is 6.21. The van der Waals surface area contributed by atoms with Crippen LogP contribution in [0.4, 0.5) is 4.39 Å². The number of hydrogen-bond donors (Lipinski definition) is 1. The van der Waals surface area contributed by atoms with Gasteiger partial charge in [-0.2, -0.15) is 0 Å². The Kier molecular flexibility index (Phi) is 5.15. The maximum absolute atomic E-state index is 13.1. The molecular weight excluding hydrogens is 297 g/mol. The molecule has 0 fully saturated rings. The second kappa shape index (κ2) is 6.89. The highest BCUT2D eigenvalue weighted by Gasteiger charge is 2.11. The van der Waals surface area contributed by atoms with Gasteiger partial charge in [-0.25, -0.2) is 9.38 Å². The zero-order chi connectivity index (χ0) is 16.2. The Hall–Kier alpha value is -1.93. The lowest BCUT2D eigenvalue weighted by molar-refractivity contribution is -0.533. The van der Waals surface area contributed by atoms with E-state index in [1.54, 1.807) is 12.1 Å². The van der Waals surface area contributed by atoms with Gasteiger partial charge in [0.2, 0.25) is 0 Å². The fraction of sp³-hybridized carbons (Fsp3) is 0.211. The zero-order valence-electron chi connectivity index (χ0n) is 13.0. The zero-order valence-corrected chi connectivity index (χ0v) is 13.8. The monoisotopic (exact) mass is 316 g/mol. The molecule has 0 aromatic heterocycles. The molecule has 0 amide bonds. The fourth-order valence-corrected chi connectivity index (χ4v) is 2.00. The maximum Gasteiger partial charge on any atom is 0.169 e. The molecule has 0 aliphatic rings. The number of rotatable bonds is 3. The molecule has 2 aromatic rings. The summed E-state index contributed by atoms with van der Waals surface area (Å²) in [7, 11) is 0. The topological polar surface area (TPSA) is 14.0 Å². The molecule has 0 saturated heterocycles. The molecule has 0 aliphatic heterocycles. The van der Waals surface area contributed by atoms with Crippen LogP contribution >= 0.6 is 11.6 Å². The van der Waals surface area contributed by atoms with Gasteiger partial charge in [-0.05, 0) is 56.2 Å². The lowest BCUT2D eigenvalue weighted by Crippen LogP contribution is -2.81. The van der Waals surface area contributed by atoms with Gasteiger partial charge in [0.15, 0.2) is 11.8 Å². The van der Waals surface area contributed by atoms with E-state index in [1.165, 1.54) is 6.07 Å². The van der Waals surface area contributed by atoms with E-state index in [-0.39, 0.29) is 10.6 Å². The van der Waals surface area contributed by atoms with E-state index in [1.807, 2.05) is 30.5 Å². The van der Waals surface area contributed by atoms with E-state index >= 15 is 0 Å². The molecule has 114 valence electrons. The van der Waals surface area contributed by atoms with Crippen LogP contribution in [0.5, 0.6) is 0 Å². The highest BCUT2D eigenvalue weighted by Crippen LogP contribution is 2.17. The predicted octanol–water partition coefficient (Wildman–Crippen LogP) is 3.95. The molecule has 0 radical (unpaired) electrons. The van der Waals surface area contributed by atoms with Crippen LogP contribution in [0.2, 0.25) is 5.02 Å². The first kappa shape index (κ1) is 16.4. The van der Waals surface area contributed by atoms with Crippen molar-refractivity contribution in [1.82, 2.24) is 0 Å². The van der Waals surface area contributed by atoms with Gasteiger partial charge in [0.05, 0.1) is 5.02 Å². The van der Waals surface area contributed by atoms with Crippen LogP contribution in [0.1, 0.15) is 37.5 Å². The molecule has 1 N–H and O–H groups in total. The van der Waals surface area contributed by atoms with E-state index in [4.69, 9.17) is 11.6 Å². The Labute approximate surface area is 136 Å². The highest BCUT2D eigenvalue weighted by molar-refractivity contribution is 6.30. The van der Waals surface area contributed by atoms with E-state index in [9.17, 15) is 4.39 Å². The van der Waals surface area contributed by atoms with E-state index in [0.717, 1.165) is 16.7 Å². The molecular formula is C19H20ClFN+. The van der Waals surface area contributed by atoms with Gasteiger partial charge in [-0.1, -0.05) is 42.0 Å². The first-order chi connectivity index (χ1) is 10.3. The molecule has 0 atom stereocenters. The smallest absolute Gasteiger partial charge is 0.169 e. The van der Waals surface area contributed by atoms with Crippen LogP contribution in [0.15, 0.2) is 42.5 Å². The predicted molar refractivity (Wildman–Crippen MR) is 92.7 cm³/mol. The number of halogens is 2. The Balaban J connectivity index is 2.09. The van der Waals surface area contributed by atoms with Crippen LogP contribution < -0.4 is 4.99 Å². The number of nitrogens with one attached hydrogen (secondary N) is 1. The van der Waals surface area contributed by atoms with Crippen molar-refractivity contribution in [3.05, 3.63) is 70.0 Å². The van der Waals surface area contributed by atoms with Crippen LogP contribution in [-0.4, -0.2) is 11.8 Å². The Morgan fingerprint density at radius 2 is 1.45 bits per heavy atom. The third-order valence-electron chi connectivity index (χ3n) is 3.02. The van der Waals surface area contributed by atoms with Crippen molar-refractivity contribution in [2.45, 2.75) is 26.3 Å². The van der Waals surface area contributed by atoms with Gasteiger partial charge in [0.1, 0.15) is 5.82 Å². The third-order valence-corrected chi connectivity index (χ3v) is 3.31. The van der Waals surface area contributed by atoms with Crippen LogP contribution in [0, 0.1) is 5.82 Å². The summed E-state index contributed by atoms with van der Waals surface area (Å²) < 4.78 is 13.1. The van der Waals surface area contributed by atoms with Gasteiger partial charge >= 0.3 is 0 Å². The summed E-state index contributed by atoms with van der Waals surface area (Å²) in [4.78, 5) is 3.33. The van der Waals surface area contributed by atoms with E-state index < -0.39 is 5.82 Å². The molecule has 0 heterocycles. The first-order valence-corrected chi connectivity index (χ1v) is 7.55. The molecule has 2 rings (SSSR count). The van der Waals surface area contributed by atoms with Gasteiger partial charge in [-0.15, -0.1) is 0 Å². The van der Waals surface area contributed by atoms with E-state index in [0.29, 0.717) is 0 Å². The standard InChI is InChI=1S/C19H19ClFN/c1-19(2,3)22-13-16-8-5-14(6-9-16)4-7-15-10-11-18(21)17(20)12-15/h4-13H,1-3H3/p+1/b7-4+,22-13?. The average molecular weight is 317 g/mol. The normalized spacial score (nSPS) is 12.4. The molecule has 1 nitrogen and oxygen atoms in total. The largest absolute Gasteiger partial charge is 0.243 e. The quantitative estimate of drug-likeness (QED) is 0.651. The minimum Gasteiger partial charge on any atom is -0.243 e. The van der Waals surface area contributed by atoms with Crippen LogP contribution in [-0.2, 0) is 0 Å². The summed E-state index contributed by atoms with van der Waals surface area (Å²) in [6, 6.07) is 12.9. The molecule has 2 aromatic carbocycles. The van der Waals surface area contributed by atoms with Gasteiger partial charge in [-0.3, -0.25) is 0 Å². The van der Waals surface area contributed by atoms with Crippen molar-refractivity contribution in [2.75, 3.05) is 0 Å². The van der Waals surface area contributed by atoms with E-state index in [2.05, 4.69) is 37.9 Å². The highest BCUT2D eigenvalue weighted by atomic mass is 35.5. The summed E-state index contributed by atoms with van der Waals surface area (Å²) >= 11 is 5.77. The van der Waals surface area contributed by atoms with Gasteiger partial charge in [0.25, 0.3) is 0 Å². The summed E-state index contributed by atoms with van der Waals surface area (Å²) in [6.07, 6.45) is 5.90. The summed E-state index contributed by atoms with van der Waals surface area (Å²) in [5, 5.41) is 0.139. The molecule has 0 spiro atoms. The third kappa shape index (κ3) is 5.12. The Bertz CT molecular complexity index is 694. The van der Waals surface area contributed by atoms with Gasteiger partial charge in [0, 0.05) is 5.56 Å².